The first kappa shape index (κ1) is 21.4. The van der Waals surface area contributed by atoms with E-state index in [9.17, 15) is 8.42 Å². The number of anilines is 3. The van der Waals surface area contributed by atoms with Crippen molar-refractivity contribution in [3.05, 3.63) is 77.9 Å². The molecule has 2 aromatic heterocycles. The van der Waals surface area contributed by atoms with Gasteiger partial charge in [-0.1, -0.05) is 41.7 Å². The summed E-state index contributed by atoms with van der Waals surface area (Å²) in [5, 5.41) is 5.12. The maximum absolute atomic E-state index is 11.4. The Bertz CT molecular complexity index is 1370. The number of nitrogens with zero attached hydrogens (tertiary/aromatic N) is 2. The number of hydrogen-bond acceptors (Lipinski definition) is 7. The van der Waals surface area contributed by atoms with Gasteiger partial charge in [0.25, 0.3) is 0 Å². The third-order valence-corrected chi connectivity index (χ3v) is 6.69. The number of benzene rings is 2. The lowest BCUT2D eigenvalue weighted by Gasteiger charge is -2.10. The molecule has 1 saturated carbocycles. The van der Waals surface area contributed by atoms with Crippen LogP contribution < -0.4 is 14.8 Å². The number of sulfonamides is 1. The largest absolute Gasteiger partial charge is 0.444 e. The van der Waals surface area contributed by atoms with Gasteiger partial charge in [-0.05, 0) is 43.2 Å². The number of pyridine rings is 1. The first-order chi connectivity index (χ1) is 15.9. The highest BCUT2D eigenvalue weighted by Crippen LogP contribution is 2.48. The Balaban J connectivity index is 1.35. The van der Waals surface area contributed by atoms with Gasteiger partial charge in [-0.25, -0.2) is 18.4 Å². The fourth-order valence-electron chi connectivity index (χ4n) is 3.31. The van der Waals surface area contributed by atoms with Crippen molar-refractivity contribution >= 4 is 38.6 Å². The maximum Gasteiger partial charge on any atom is 0.229 e. The summed E-state index contributed by atoms with van der Waals surface area (Å²) >= 11 is 1.61. The fourth-order valence-corrected chi connectivity index (χ4v) is 5.00. The summed E-state index contributed by atoms with van der Waals surface area (Å²) in [4.78, 5) is 9.24. The van der Waals surface area contributed by atoms with Crippen molar-refractivity contribution in [3.63, 3.8) is 0 Å². The van der Waals surface area contributed by atoms with Gasteiger partial charge in [0.15, 0.2) is 0 Å². The Labute approximate surface area is 196 Å². The van der Waals surface area contributed by atoms with E-state index in [1.54, 1.807) is 41.8 Å². The summed E-state index contributed by atoms with van der Waals surface area (Å²) in [6, 6.07) is 20.6. The summed E-state index contributed by atoms with van der Waals surface area (Å²) in [5.74, 6) is 1.82. The number of hydrogen-bond donors (Lipinski definition) is 2. The van der Waals surface area contributed by atoms with E-state index in [2.05, 4.69) is 15.0 Å². The molecule has 4 aromatic rings. The predicted octanol–water partition coefficient (Wildman–Crippen LogP) is 5.99. The molecular weight excluding hydrogens is 456 g/mol. The zero-order valence-corrected chi connectivity index (χ0v) is 19.5. The smallest absolute Gasteiger partial charge is 0.229 e. The average Bonchev–Trinajstić information content (AvgIpc) is 3.56. The van der Waals surface area contributed by atoms with Gasteiger partial charge in [-0.3, -0.25) is 4.72 Å². The monoisotopic (exact) mass is 478 g/mol. The number of thiazole rings is 1. The van der Waals surface area contributed by atoms with Crippen LogP contribution in [0.15, 0.2) is 72.9 Å². The molecule has 0 atom stereocenters. The van der Waals surface area contributed by atoms with Crippen molar-refractivity contribution in [2.75, 3.05) is 16.3 Å². The second-order valence-electron chi connectivity index (χ2n) is 7.88. The number of ether oxygens (including phenoxy) is 1. The van der Waals surface area contributed by atoms with Gasteiger partial charge in [0.05, 0.1) is 6.26 Å². The SMILES string of the molecule is CS(=O)(=O)Nc1ccc(Nc2cc(Oc3sc(C4CC4)nc3-c3ccccc3)ccn2)cc1. The molecule has 33 heavy (non-hydrogen) atoms. The van der Waals surface area contributed by atoms with Crippen molar-refractivity contribution in [2.45, 2.75) is 18.8 Å². The lowest BCUT2D eigenvalue weighted by Crippen LogP contribution is -2.09. The first-order valence-corrected chi connectivity index (χ1v) is 13.2. The molecule has 2 N–H and O–H groups in total. The lowest BCUT2D eigenvalue weighted by atomic mass is 10.2. The molecule has 2 aromatic carbocycles. The normalized spacial score (nSPS) is 13.5. The summed E-state index contributed by atoms with van der Waals surface area (Å²) in [6.45, 7) is 0. The summed E-state index contributed by atoms with van der Waals surface area (Å²) in [6.07, 6.45) is 5.17. The Kier molecular flexibility index (Phi) is 5.74. The van der Waals surface area contributed by atoms with E-state index in [-0.39, 0.29) is 0 Å². The molecule has 0 unspecified atom stereocenters. The molecule has 7 nitrogen and oxygen atoms in total. The van der Waals surface area contributed by atoms with Crippen LogP contribution in [0.4, 0.5) is 17.2 Å². The minimum atomic E-state index is -3.31. The summed E-state index contributed by atoms with van der Waals surface area (Å²) in [7, 11) is -3.31. The second-order valence-corrected chi connectivity index (χ2v) is 10.6. The molecule has 0 bridgehead atoms. The van der Waals surface area contributed by atoms with Gasteiger partial charge < -0.3 is 10.1 Å². The molecular formula is C24H22N4O3S2. The van der Waals surface area contributed by atoms with Gasteiger partial charge in [0.2, 0.25) is 15.1 Å². The van der Waals surface area contributed by atoms with Crippen LogP contribution in [0, 0.1) is 0 Å². The van der Waals surface area contributed by atoms with Crippen LogP contribution >= 0.6 is 11.3 Å². The van der Waals surface area contributed by atoms with Gasteiger partial charge in [-0.15, -0.1) is 0 Å². The van der Waals surface area contributed by atoms with E-state index in [1.165, 1.54) is 12.8 Å². The van der Waals surface area contributed by atoms with Crippen LogP contribution in [0.1, 0.15) is 23.8 Å². The third kappa shape index (κ3) is 5.50. The third-order valence-electron chi connectivity index (χ3n) is 4.99. The Morgan fingerprint density at radius 1 is 1.00 bits per heavy atom. The second kappa shape index (κ2) is 8.84. The summed E-state index contributed by atoms with van der Waals surface area (Å²) in [5.41, 5.74) is 3.17. The highest BCUT2D eigenvalue weighted by Gasteiger charge is 2.29. The van der Waals surface area contributed by atoms with E-state index in [0.717, 1.165) is 33.3 Å². The van der Waals surface area contributed by atoms with Crippen molar-refractivity contribution in [1.82, 2.24) is 9.97 Å². The molecule has 1 aliphatic carbocycles. The minimum Gasteiger partial charge on any atom is -0.444 e. The Morgan fingerprint density at radius 3 is 2.42 bits per heavy atom. The molecule has 0 aliphatic heterocycles. The maximum atomic E-state index is 11.4. The quantitative estimate of drug-likeness (QED) is 0.323. The zero-order valence-electron chi connectivity index (χ0n) is 17.9. The molecule has 0 saturated heterocycles. The predicted molar refractivity (Wildman–Crippen MR) is 132 cm³/mol. The molecule has 1 fully saturated rings. The van der Waals surface area contributed by atoms with E-state index >= 15 is 0 Å². The van der Waals surface area contributed by atoms with E-state index < -0.39 is 10.0 Å². The van der Waals surface area contributed by atoms with Gasteiger partial charge >= 0.3 is 0 Å². The highest BCUT2D eigenvalue weighted by molar-refractivity contribution is 7.92. The standard InChI is InChI=1S/C24H22N4O3S2/c1-33(29,30)28-19-11-9-18(10-12-19)26-21-15-20(13-14-25-21)31-24-22(16-5-3-2-4-6-16)27-23(32-24)17-7-8-17/h2-6,9-15,17,28H,7-8H2,1H3,(H,25,26). The van der Waals surface area contributed by atoms with Crippen LogP contribution in [0.3, 0.4) is 0 Å². The average molecular weight is 479 g/mol. The van der Waals surface area contributed by atoms with E-state index in [0.29, 0.717) is 23.2 Å². The number of rotatable bonds is 8. The van der Waals surface area contributed by atoms with Crippen LogP contribution in [0.5, 0.6) is 10.8 Å². The lowest BCUT2D eigenvalue weighted by molar-refractivity contribution is 0.496. The molecule has 5 rings (SSSR count). The van der Waals surface area contributed by atoms with Gasteiger partial charge in [0.1, 0.15) is 22.3 Å². The fraction of sp³-hybridized carbons (Fsp3) is 0.167. The van der Waals surface area contributed by atoms with Crippen molar-refractivity contribution in [1.29, 1.82) is 0 Å². The minimum absolute atomic E-state index is 0.498. The molecule has 0 radical (unpaired) electrons. The molecule has 9 heteroatoms. The molecule has 1 aliphatic rings. The van der Waals surface area contributed by atoms with Crippen molar-refractivity contribution < 1.29 is 13.2 Å². The van der Waals surface area contributed by atoms with Gasteiger partial charge in [0, 0.05) is 35.1 Å². The van der Waals surface area contributed by atoms with E-state index in [4.69, 9.17) is 9.72 Å². The van der Waals surface area contributed by atoms with Crippen LogP contribution in [-0.2, 0) is 10.0 Å². The van der Waals surface area contributed by atoms with Crippen LogP contribution in [-0.4, -0.2) is 24.6 Å². The molecule has 168 valence electrons. The van der Waals surface area contributed by atoms with Gasteiger partial charge in [-0.2, -0.15) is 0 Å². The van der Waals surface area contributed by atoms with Crippen LogP contribution in [0.25, 0.3) is 11.3 Å². The molecule has 2 heterocycles. The number of aromatic nitrogens is 2. The van der Waals surface area contributed by atoms with Crippen molar-refractivity contribution in [3.8, 4) is 22.1 Å². The molecule has 0 spiro atoms. The van der Waals surface area contributed by atoms with Crippen molar-refractivity contribution in [2.24, 2.45) is 0 Å². The zero-order chi connectivity index (χ0) is 22.8. The number of nitrogens with one attached hydrogen (secondary N) is 2. The Hall–Kier alpha value is -3.43. The highest BCUT2D eigenvalue weighted by atomic mass is 32.2. The van der Waals surface area contributed by atoms with E-state index in [1.807, 2.05) is 42.5 Å². The molecule has 0 amide bonds. The topological polar surface area (TPSA) is 93.2 Å². The van der Waals surface area contributed by atoms with Crippen LogP contribution in [0.2, 0.25) is 0 Å². The first-order valence-electron chi connectivity index (χ1n) is 10.5. The Morgan fingerprint density at radius 2 is 1.73 bits per heavy atom. The summed E-state index contributed by atoms with van der Waals surface area (Å²) < 4.78 is 31.5.